The molecule has 57 valence electrons. The molecule has 3 heteroatoms. The average molecular weight is 149 g/mol. The molecule has 0 aliphatic heterocycles. The minimum absolute atomic E-state index is 0.192. The first kappa shape index (κ1) is 7.60. The topological polar surface area (TPSA) is 58.9 Å². The van der Waals surface area contributed by atoms with E-state index in [1.54, 1.807) is 6.08 Å². The molecule has 1 aromatic rings. The predicted octanol–water partition coefficient (Wildman–Crippen LogP) is 0.486. The first-order valence-electron chi connectivity index (χ1n) is 3.24. The highest BCUT2D eigenvalue weighted by Gasteiger charge is 1.94. The number of H-pyrrole nitrogens is 1. The van der Waals surface area contributed by atoms with Gasteiger partial charge in [0.25, 0.3) is 5.56 Å². The fourth-order valence-electron chi connectivity index (χ4n) is 0.730. The van der Waals surface area contributed by atoms with E-state index in [0.29, 0.717) is 12.1 Å². The number of pyridine rings is 1. The fraction of sp³-hybridized carbons (Fsp3) is 0.125. The molecule has 1 heterocycles. The van der Waals surface area contributed by atoms with Crippen molar-refractivity contribution in [2.75, 3.05) is 5.73 Å². The average Bonchev–Trinajstić information content (AvgIpc) is 1.98. The van der Waals surface area contributed by atoms with Gasteiger partial charge in [-0.2, -0.15) is 0 Å². The van der Waals surface area contributed by atoms with Gasteiger partial charge in [0.05, 0.1) is 5.69 Å². The number of aromatic nitrogens is 1. The van der Waals surface area contributed by atoms with Crippen molar-refractivity contribution in [3.8, 4) is 0 Å². The van der Waals surface area contributed by atoms with E-state index in [2.05, 4.69) is 17.6 Å². The highest BCUT2D eigenvalue weighted by Crippen LogP contribution is 1.95. The number of rotatable bonds is 2. The third-order valence-electron chi connectivity index (χ3n) is 1.28. The van der Waals surface area contributed by atoms with E-state index in [4.69, 9.17) is 5.73 Å². The Kier molecular flexibility index (Phi) is 2.11. The van der Waals surface area contributed by atoms with E-state index in [0.717, 1.165) is 0 Å². The third-order valence-corrected chi connectivity index (χ3v) is 1.28. The molecule has 0 spiro atoms. The Morgan fingerprint density at radius 2 is 2.55 bits per heavy atom. The number of allylic oxidation sites excluding steroid dienone is 1. The zero-order valence-electron chi connectivity index (χ0n) is 6.05. The van der Waals surface area contributed by atoms with Gasteiger partial charge in [-0.25, -0.2) is 0 Å². The number of nitrogens with two attached hydrogens (primary N) is 1. The maximum Gasteiger partial charge on any atom is 0.271 e. The zero-order chi connectivity index (χ0) is 8.27. The molecule has 1 rings (SSSR count). The van der Waals surface area contributed by atoms with Crippen LogP contribution in [0.25, 0.3) is 0 Å². The minimum Gasteiger partial charge on any atom is -0.394 e. The first-order chi connectivity index (χ1) is 5.24. The molecule has 3 nitrogen and oxygen atoms in total. The summed E-state index contributed by atoms with van der Waals surface area (Å²) in [6.45, 7) is 3.53. The van der Waals surface area contributed by atoms with Crippen LogP contribution in [0, 0.1) is 6.07 Å². The van der Waals surface area contributed by atoms with Crippen molar-refractivity contribution in [2.24, 2.45) is 0 Å². The molecular weight excluding hydrogens is 140 g/mol. The molecule has 0 fully saturated rings. The van der Waals surface area contributed by atoms with Gasteiger partial charge < -0.3 is 10.7 Å². The summed E-state index contributed by atoms with van der Waals surface area (Å²) in [5.74, 6) is 0. The molecule has 0 saturated carbocycles. The van der Waals surface area contributed by atoms with E-state index in [-0.39, 0.29) is 11.2 Å². The smallest absolute Gasteiger partial charge is 0.271 e. The molecule has 0 saturated heterocycles. The quantitative estimate of drug-likeness (QED) is 0.601. The Bertz CT molecular complexity index is 314. The van der Waals surface area contributed by atoms with Crippen LogP contribution in [-0.4, -0.2) is 4.98 Å². The second kappa shape index (κ2) is 3.05. The Hall–Kier alpha value is -1.51. The summed E-state index contributed by atoms with van der Waals surface area (Å²) >= 11 is 0. The van der Waals surface area contributed by atoms with Gasteiger partial charge in [-0.15, -0.1) is 6.58 Å². The zero-order valence-corrected chi connectivity index (χ0v) is 6.05. The Labute approximate surface area is 64.6 Å². The SMILES string of the molecule is C=CCc1[c]cc(N)c(=O)[nH]1. The van der Waals surface area contributed by atoms with Crippen molar-refractivity contribution in [1.29, 1.82) is 0 Å². The summed E-state index contributed by atoms with van der Waals surface area (Å²) < 4.78 is 0. The maximum absolute atomic E-state index is 10.9. The molecule has 0 aromatic carbocycles. The van der Waals surface area contributed by atoms with Crippen LogP contribution in [0.15, 0.2) is 23.5 Å². The summed E-state index contributed by atoms with van der Waals surface area (Å²) in [6, 6.07) is 4.30. The van der Waals surface area contributed by atoms with Gasteiger partial charge in [0.2, 0.25) is 0 Å². The van der Waals surface area contributed by atoms with Gasteiger partial charge >= 0.3 is 0 Å². The summed E-state index contributed by atoms with van der Waals surface area (Å²) in [5.41, 5.74) is 5.92. The Morgan fingerprint density at radius 3 is 3.09 bits per heavy atom. The van der Waals surface area contributed by atoms with Gasteiger partial charge in [-0.1, -0.05) is 6.08 Å². The second-order valence-electron chi connectivity index (χ2n) is 2.17. The van der Waals surface area contributed by atoms with E-state index < -0.39 is 0 Å². The lowest BCUT2D eigenvalue weighted by Gasteiger charge is -1.95. The highest BCUT2D eigenvalue weighted by atomic mass is 16.1. The van der Waals surface area contributed by atoms with Crippen molar-refractivity contribution in [1.82, 2.24) is 4.98 Å². The van der Waals surface area contributed by atoms with Gasteiger partial charge in [0.1, 0.15) is 0 Å². The molecule has 3 N–H and O–H groups in total. The van der Waals surface area contributed by atoms with Gasteiger partial charge in [-0.05, 0) is 6.07 Å². The minimum atomic E-state index is -0.263. The van der Waals surface area contributed by atoms with Crippen LogP contribution in [-0.2, 0) is 6.42 Å². The van der Waals surface area contributed by atoms with Crippen LogP contribution in [0.2, 0.25) is 0 Å². The number of nitrogen functional groups attached to an aromatic ring is 1. The summed E-state index contributed by atoms with van der Waals surface area (Å²) in [6.07, 6.45) is 2.30. The molecule has 11 heavy (non-hydrogen) atoms. The van der Waals surface area contributed by atoms with E-state index >= 15 is 0 Å². The molecule has 1 radical (unpaired) electrons. The normalized spacial score (nSPS) is 9.45. The van der Waals surface area contributed by atoms with E-state index in [1.165, 1.54) is 6.07 Å². The molecule has 0 bridgehead atoms. The number of hydrogen-bond acceptors (Lipinski definition) is 2. The fourth-order valence-corrected chi connectivity index (χ4v) is 0.730. The lowest BCUT2D eigenvalue weighted by molar-refractivity contribution is 1.07. The number of anilines is 1. The van der Waals surface area contributed by atoms with Crippen molar-refractivity contribution in [2.45, 2.75) is 6.42 Å². The van der Waals surface area contributed by atoms with Crippen LogP contribution >= 0.6 is 0 Å². The monoisotopic (exact) mass is 149 g/mol. The maximum atomic E-state index is 10.9. The number of nitrogens with one attached hydrogen (secondary N) is 1. The standard InChI is InChI=1S/C8H9N2O/c1-2-3-6-4-5-7(9)8(11)10-6/h2,5H,1,3,9H2,(H,10,11). The van der Waals surface area contributed by atoms with Crippen LogP contribution in [0.5, 0.6) is 0 Å². The van der Waals surface area contributed by atoms with Gasteiger partial charge in [0.15, 0.2) is 0 Å². The number of hydrogen-bond donors (Lipinski definition) is 2. The molecule has 0 amide bonds. The van der Waals surface area contributed by atoms with Crippen LogP contribution in [0.1, 0.15) is 5.69 Å². The molecule has 0 aliphatic carbocycles. The predicted molar refractivity (Wildman–Crippen MR) is 44.2 cm³/mol. The molecule has 0 unspecified atom stereocenters. The molecule has 1 aromatic heterocycles. The summed E-state index contributed by atoms with van der Waals surface area (Å²) in [7, 11) is 0. The Morgan fingerprint density at radius 1 is 1.82 bits per heavy atom. The lowest BCUT2D eigenvalue weighted by atomic mass is 10.2. The summed E-state index contributed by atoms with van der Waals surface area (Å²) in [5, 5.41) is 0. The summed E-state index contributed by atoms with van der Waals surface area (Å²) in [4.78, 5) is 13.4. The van der Waals surface area contributed by atoms with Crippen molar-refractivity contribution >= 4 is 5.69 Å². The van der Waals surface area contributed by atoms with Crippen molar-refractivity contribution in [3.63, 3.8) is 0 Å². The van der Waals surface area contributed by atoms with Gasteiger partial charge in [-0.3, -0.25) is 4.79 Å². The van der Waals surface area contributed by atoms with E-state index in [1.807, 2.05) is 0 Å². The van der Waals surface area contributed by atoms with E-state index in [9.17, 15) is 4.79 Å². The highest BCUT2D eigenvalue weighted by molar-refractivity contribution is 5.34. The van der Waals surface area contributed by atoms with Crippen LogP contribution < -0.4 is 11.3 Å². The lowest BCUT2D eigenvalue weighted by Crippen LogP contribution is -2.12. The molecule has 0 atom stereocenters. The van der Waals surface area contributed by atoms with Gasteiger partial charge in [0, 0.05) is 18.2 Å². The van der Waals surface area contributed by atoms with Crippen LogP contribution in [0.4, 0.5) is 5.69 Å². The van der Waals surface area contributed by atoms with Crippen molar-refractivity contribution < 1.29 is 0 Å². The van der Waals surface area contributed by atoms with Crippen LogP contribution in [0.3, 0.4) is 0 Å². The molecule has 0 aliphatic rings. The van der Waals surface area contributed by atoms with Crippen molar-refractivity contribution in [3.05, 3.63) is 40.8 Å². The Balaban J connectivity index is 3.05. The third kappa shape index (κ3) is 1.70. The molecular formula is C8H9N2O. The second-order valence-corrected chi connectivity index (χ2v) is 2.17. The first-order valence-corrected chi connectivity index (χ1v) is 3.24. The number of aromatic amines is 1. The largest absolute Gasteiger partial charge is 0.394 e.